The summed E-state index contributed by atoms with van der Waals surface area (Å²) in [5.74, 6) is -1.85. The van der Waals surface area contributed by atoms with Gasteiger partial charge in [-0.3, -0.25) is 0 Å². The van der Waals surface area contributed by atoms with Gasteiger partial charge in [0.1, 0.15) is 5.69 Å². The Kier molecular flexibility index (Phi) is 2.95. The van der Waals surface area contributed by atoms with Gasteiger partial charge in [0.25, 0.3) is 0 Å². The van der Waals surface area contributed by atoms with E-state index in [0.29, 0.717) is 5.56 Å². The highest BCUT2D eigenvalue weighted by atomic mass is 19.2. The van der Waals surface area contributed by atoms with Crippen molar-refractivity contribution in [3.63, 3.8) is 0 Å². The Balaban J connectivity index is 2.24. The van der Waals surface area contributed by atoms with E-state index in [1.807, 2.05) is 18.2 Å². The predicted octanol–water partition coefficient (Wildman–Crippen LogP) is 3.87. The lowest BCUT2D eigenvalue weighted by Crippen LogP contribution is -1.92. The second kappa shape index (κ2) is 4.77. The molecule has 2 N–H and O–H groups in total. The van der Waals surface area contributed by atoms with Gasteiger partial charge in [-0.2, -0.15) is 0 Å². The topological polar surface area (TPSA) is 52.0 Å². The van der Waals surface area contributed by atoms with Gasteiger partial charge in [0.15, 0.2) is 11.6 Å². The highest BCUT2D eigenvalue weighted by molar-refractivity contribution is 5.86. The van der Waals surface area contributed by atoms with Crippen LogP contribution in [0.25, 0.3) is 22.4 Å². The second-order valence-electron chi connectivity index (χ2n) is 4.24. The molecule has 0 saturated carbocycles. The number of rotatable bonds is 2. The van der Waals surface area contributed by atoms with Crippen molar-refractivity contribution in [2.75, 3.05) is 5.73 Å². The van der Waals surface area contributed by atoms with Crippen molar-refractivity contribution in [3.8, 4) is 22.4 Å². The van der Waals surface area contributed by atoms with Gasteiger partial charge in [-0.1, -0.05) is 41.6 Å². The van der Waals surface area contributed by atoms with Crippen LogP contribution in [0.1, 0.15) is 0 Å². The van der Waals surface area contributed by atoms with Crippen molar-refractivity contribution in [1.82, 2.24) is 5.16 Å². The molecule has 0 atom stereocenters. The van der Waals surface area contributed by atoms with Crippen LogP contribution in [-0.2, 0) is 0 Å². The van der Waals surface area contributed by atoms with Crippen LogP contribution in [0.5, 0.6) is 0 Å². The lowest BCUT2D eigenvalue weighted by atomic mass is 10.0. The molecule has 3 nitrogen and oxygen atoms in total. The Labute approximate surface area is 113 Å². The van der Waals surface area contributed by atoms with Crippen LogP contribution in [0.15, 0.2) is 53.1 Å². The molecule has 2 aromatic carbocycles. The van der Waals surface area contributed by atoms with Gasteiger partial charge in [-0.25, -0.2) is 8.78 Å². The minimum atomic E-state index is -0.974. The molecule has 0 spiro atoms. The molecule has 5 heteroatoms. The van der Waals surface area contributed by atoms with Crippen molar-refractivity contribution in [2.45, 2.75) is 0 Å². The van der Waals surface area contributed by atoms with E-state index in [0.717, 1.165) is 11.6 Å². The molecule has 20 heavy (non-hydrogen) atoms. The fourth-order valence-electron chi connectivity index (χ4n) is 2.06. The summed E-state index contributed by atoms with van der Waals surface area (Å²) in [6.45, 7) is 0. The Morgan fingerprint density at radius 2 is 1.70 bits per heavy atom. The zero-order valence-electron chi connectivity index (χ0n) is 10.3. The third-order valence-electron chi connectivity index (χ3n) is 2.99. The largest absolute Gasteiger partial charge is 0.367 e. The van der Waals surface area contributed by atoms with E-state index in [4.69, 9.17) is 10.3 Å². The summed E-state index contributed by atoms with van der Waals surface area (Å²) >= 11 is 0. The molecule has 100 valence electrons. The first-order chi connectivity index (χ1) is 9.68. The maximum atomic E-state index is 13.9. The Hall–Kier alpha value is -2.69. The summed E-state index contributed by atoms with van der Waals surface area (Å²) in [5.41, 5.74) is 7.14. The van der Waals surface area contributed by atoms with Crippen molar-refractivity contribution in [1.29, 1.82) is 0 Å². The minimum Gasteiger partial charge on any atom is -0.367 e. The molecule has 0 fully saturated rings. The van der Waals surface area contributed by atoms with E-state index in [9.17, 15) is 8.78 Å². The Morgan fingerprint density at radius 1 is 0.950 bits per heavy atom. The van der Waals surface area contributed by atoms with Crippen LogP contribution in [0.2, 0.25) is 0 Å². The minimum absolute atomic E-state index is 0.0179. The molecule has 0 radical (unpaired) electrons. The fraction of sp³-hybridized carbons (Fsp3) is 0. The van der Waals surface area contributed by atoms with Crippen molar-refractivity contribution in [2.24, 2.45) is 0 Å². The fourth-order valence-corrected chi connectivity index (χ4v) is 2.06. The highest BCUT2D eigenvalue weighted by Gasteiger charge is 2.21. The number of nitrogen functional groups attached to an aromatic ring is 1. The number of aromatic nitrogens is 1. The first-order valence-corrected chi connectivity index (χ1v) is 5.93. The first kappa shape index (κ1) is 12.3. The van der Waals surface area contributed by atoms with Crippen LogP contribution >= 0.6 is 0 Å². The molecule has 0 aliphatic heterocycles. The molecule has 0 aliphatic rings. The number of nitrogens with zero attached hydrogens (tertiary/aromatic N) is 1. The summed E-state index contributed by atoms with van der Waals surface area (Å²) in [6.07, 6.45) is 0. The highest BCUT2D eigenvalue weighted by Crippen LogP contribution is 2.37. The average Bonchev–Trinajstić information content (AvgIpc) is 2.84. The van der Waals surface area contributed by atoms with Gasteiger partial charge in [0.2, 0.25) is 5.88 Å². The van der Waals surface area contributed by atoms with Crippen LogP contribution in [0.3, 0.4) is 0 Å². The Bertz CT molecular complexity index is 754. The van der Waals surface area contributed by atoms with Crippen LogP contribution in [0.4, 0.5) is 14.7 Å². The van der Waals surface area contributed by atoms with Gasteiger partial charge in [0, 0.05) is 5.56 Å². The molecule has 0 bridgehead atoms. The molecule has 1 heterocycles. The molecule has 0 saturated heterocycles. The summed E-state index contributed by atoms with van der Waals surface area (Å²) in [4.78, 5) is 0. The lowest BCUT2D eigenvalue weighted by Gasteiger charge is -2.04. The average molecular weight is 272 g/mol. The Morgan fingerprint density at radius 3 is 2.45 bits per heavy atom. The summed E-state index contributed by atoms with van der Waals surface area (Å²) in [5, 5.41) is 3.76. The van der Waals surface area contributed by atoms with E-state index in [-0.39, 0.29) is 17.1 Å². The summed E-state index contributed by atoms with van der Waals surface area (Å²) in [7, 11) is 0. The van der Waals surface area contributed by atoms with E-state index in [1.54, 1.807) is 12.1 Å². The zero-order chi connectivity index (χ0) is 14.1. The van der Waals surface area contributed by atoms with Gasteiger partial charge >= 0.3 is 0 Å². The number of nitrogens with two attached hydrogens (primary N) is 1. The van der Waals surface area contributed by atoms with Crippen molar-refractivity contribution < 1.29 is 13.3 Å². The van der Waals surface area contributed by atoms with Gasteiger partial charge in [-0.05, 0) is 17.7 Å². The van der Waals surface area contributed by atoms with E-state index >= 15 is 0 Å². The van der Waals surface area contributed by atoms with Crippen LogP contribution in [0, 0.1) is 11.6 Å². The van der Waals surface area contributed by atoms with Crippen molar-refractivity contribution >= 4 is 5.88 Å². The molecular formula is C15H10F2N2O. The molecule has 0 aliphatic carbocycles. The van der Waals surface area contributed by atoms with E-state index in [1.165, 1.54) is 12.1 Å². The molecule has 3 rings (SSSR count). The molecule has 3 aromatic rings. The van der Waals surface area contributed by atoms with Gasteiger partial charge in [-0.15, -0.1) is 0 Å². The maximum Gasteiger partial charge on any atom is 0.230 e. The third kappa shape index (κ3) is 1.93. The molecule has 1 aromatic heterocycles. The van der Waals surface area contributed by atoms with Gasteiger partial charge < -0.3 is 10.3 Å². The van der Waals surface area contributed by atoms with Crippen LogP contribution < -0.4 is 5.73 Å². The smallest absolute Gasteiger partial charge is 0.230 e. The van der Waals surface area contributed by atoms with Crippen molar-refractivity contribution in [3.05, 3.63) is 60.2 Å². The molecule has 0 amide bonds. The number of anilines is 1. The summed E-state index contributed by atoms with van der Waals surface area (Å²) < 4.78 is 32.2. The molecular weight excluding hydrogens is 262 g/mol. The zero-order valence-corrected chi connectivity index (χ0v) is 10.3. The number of hydrogen-bond donors (Lipinski definition) is 1. The van der Waals surface area contributed by atoms with E-state index < -0.39 is 11.6 Å². The normalized spacial score (nSPS) is 10.7. The van der Waals surface area contributed by atoms with Crippen LogP contribution in [-0.4, -0.2) is 5.16 Å². The maximum absolute atomic E-state index is 13.9. The standard InChI is InChI=1S/C15H10F2N2O/c16-11-8-4-7-10(13(11)17)14-12(15(18)20-19-14)9-5-2-1-3-6-9/h1-8H,18H2. The number of halogens is 2. The van der Waals surface area contributed by atoms with E-state index in [2.05, 4.69) is 5.16 Å². The molecule has 0 unspecified atom stereocenters. The predicted molar refractivity (Wildman–Crippen MR) is 71.7 cm³/mol. The summed E-state index contributed by atoms with van der Waals surface area (Å²) in [6, 6.07) is 12.9. The van der Waals surface area contributed by atoms with Gasteiger partial charge in [0.05, 0.1) is 5.56 Å². The second-order valence-corrected chi connectivity index (χ2v) is 4.24. The third-order valence-corrected chi connectivity index (χ3v) is 2.99. The number of benzene rings is 2. The number of hydrogen-bond acceptors (Lipinski definition) is 3. The lowest BCUT2D eigenvalue weighted by molar-refractivity contribution is 0.438. The first-order valence-electron chi connectivity index (χ1n) is 5.93. The SMILES string of the molecule is Nc1onc(-c2cccc(F)c2F)c1-c1ccccc1. The monoisotopic (exact) mass is 272 g/mol. The quantitative estimate of drug-likeness (QED) is 0.770.